The number of hydrogen-bond donors (Lipinski definition) is 1. The first kappa shape index (κ1) is 23.2. The van der Waals surface area contributed by atoms with Crippen molar-refractivity contribution in [3.8, 4) is 6.07 Å². The summed E-state index contributed by atoms with van der Waals surface area (Å²) >= 11 is 0. The van der Waals surface area contributed by atoms with Crippen molar-refractivity contribution in [1.29, 1.82) is 5.26 Å². The van der Waals surface area contributed by atoms with Crippen LogP contribution in [-0.4, -0.2) is 36.2 Å². The summed E-state index contributed by atoms with van der Waals surface area (Å²) in [7, 11) is 1.52. The predicted molar refractivity (Wildman–Crippen MR) is 110 cm³/mol. The number of anilines is 1. The van der Waals surface area contributed by atoms with Gasteiger partial charge < -0.3 is 19.7 Å². The molecule has 2 amide bonds. The molecule has 1 heterocycles. The number of likely N-dealkylation sites (N-methyl/N-ethyl adjacent to an activating group) is 1. The van der Waals surface area contributed by atoms with E-state index in [-0.39, 0.29) is 0 Å². The summed E-state index contributed by atoms with van der Waals surface area (Å²) in [6, 6.07) is 8.63. The van der Waals surface area contributed by atoms with Crippen LogP contribution < -0.4 is 10.2 Å². The minimum absolute atomic E-state index is 0.318. The van der Waals surface area contributed by atoms with E-state index >= 15 is 0 Å². The molecule has 8 nitrogen and oxygen atoms in total. The first-order valence-corrected chi connectivity index (χ1v) is 9.62. The molecule has 0 fully saturated rings. The van der Waals surface area contributed by atoms with E-state index in [2.05, 4.69) is 5.32 Å². The number of alkyl carbamates (subject to hydrolysis) is 1. The third-order valence-electron chi connectivity index (χ3n) is 4.76. The van der Waals surface area contributed by atoms with Gasteiger partial charge in [0.2, 0.25) is 0 Å². The Labute approximate surface area is 177 Å². The highest BCUT2D eigenvalue weighted by molar-refractivity contribution is 6.12. The molecule has 0 bridgehead atoms. The van der Waals surface area contributed by atoms with Crippen LogP contribution in [0.2, 0.25) is 0 Å². The minimum atomic E-state index is -2.07. The summed E-state index contributed by atoms with van der Waals surface area (Å²) in [5.41, 5.74) is -5.07. The zero-order valence-corrected chi connectivity index (χ0v) is 18.7. The van der Waals surface area contributed by atoms with Crippen molar-refractivity contribution in [2.75, 3.05) is 11.9 Å². The van der Waals surface area contributed by atoms with Gasteiger partial charge in [-0.3, -0.25) is 9.59 Å². The van der Waals surface area contributed by atoms with Crippen LogP contribution in [0.4, 0.5) is 10.5 Å². The van der Waals surface area contributed by atoms with Gasteiger partial charge in [-0.25, -0.2) is 4.79 Å². The Morgan fingerprint density at radius 1 is 1.03 bits per heavy atom. The smallest absolute Gasteiger partial charge is 0.408 e. The molecule has 2 unspecified atom stereocenters. The number of amides is 2. The first-order chi connectivity index (χ1) is 13.6. The lowest BCUT2D eigenvalue weighted by Gasteiger charge is -2.40. The number of para-hydroxylation sites is 1. The van der Waals surface area contributed by atoms with Crippen molar-refractivity contribution in [2.24, 2.45) is 5.41 Å². The Morgan fingerprint density at radius 2 is 1.57 bits per heavy atom. The molecule has 2 rings (SSSR count). The van der Waals surface area contributed by atoms with Crippen LogP contribution in [0, 0.1) is 16.7 Å². The number of esters is 1. The van der Waals surface area contributed by atoms with Gasteiger partial charge in [0.25, 0.3) is 5.91 Å². The number of benzene rings is 1. The summed E-state index contributed by atoms with van der Waals surface area (Å²) in [4.78, 5) is 40.9. The zero-order valence-electron chi connectivity index (χ0n) is 18.7. The van der Waals surface area contributed by atoms with Crippen molar-refractivity contribution in [3.05, 3.63) is 29.8 Å². The fourth-order valence-electron chi connectivity index (χ4n) is 3.41. The first-order valence-electron chi connectivity index (χ1n) is 9.62. The molecule has 1 aromatic carbocycles. The monoisotopic (exact) mass is 415 g/mol. The standard InChI is InChI=1S/C22H29N3O5/c1-19(2,3)29-17(27)21(7,13-23)22(24-18(28)30-20(4,5)6)14-11-9-10-12-15(14)25(8)16(22)26/h9-12H,1-8H3,(H,24,28). The third kappa shape index (κ3) is 3.84. The second-order valence-electron chi connectivity index (χ2n) is 9.50. The highest BCUT2D eigenvalue weighted by Gasteiger charge is 2.67. The number of carbonyl (C=O) groups is 3. The summed E-state index contributed by atoms with van der Waals surface area (Å²) in [6.45, 7) is 11.3. The Morgan fingerprint density at radius 3 is 2.07 bits per heavy atom. The number of nitrogens with one attached hydrogen (secondary N) is 1. The van der Waals surface area contributed by atoms with Gasteiger partial charge in [-0.05, 0) is 54.5 Å². The van der Waals surface area contributed by atoms with Crippen LogP contribution in [-0.2, 0) is 24.6 Å². The fraction of sp³-hybridized carbons (Fsp3) is 0.545. The second kappa shape index (κ2) is 7.31. The van der Waals surface area contributed by atoms with Crippen molar-refractivity contribution >= 4 is 23.7 Å². The molecule has 1 aliphatic heterocycles. The summed E-state index contributed by atoms with van der Waals surface area (Å²) < 4.78 is 10.8. The highest BCUT2D eigenvalue weighted by atomic mass is 16.6. The van der Waals surface area contributed by atoms with Gasteiger partial charge in [-0.2, -0.15) is 5.26 Å². The Balaban J connectivity index is 2.75. The lowest BCUT2D eigenvalue weighted by molar-refractivity contribution is -0.169. The van der Waals surface area contributed by atoms with Crippen LogP contribution in [0.1, 0.15) is 54.0 Å². The third-order valence-corrected chi connectivity index (χ3v) is 4.76. The van der Waals surface area contributed by atoms with Crippen LogP contribution in [0.15, 0.2) is 24.3 Å². The van der Waals surface area contributed by atoms with E-state index in [1.807, 2.05) is 6.07 Å². The molecule has 0 aliphatic carbocycles. The number of nitrogens with zero attached hydrogens (tertiary/aromatic N) is 2. The molecule has 8 heteroatoms. The SMILES string of the molecule is CN1C(=O)C(NC(=O)OC(C)(C)C)(C(C)(C#N)C(=O)OC(C)(C)C)c2ccccc21. The van der Waals surface area contributed by atoms with E-state index in [1.54, 1.807) is 65.8 Å². The lowest BCUT2D eigenvalue weighted by Crippen LogP contribution is -2.64. The predicted octanol–water partition coefficient (Wildman–Crippen LogP) is 3.25. The number of fused-ring (bicyclic) bond motifs is 1. The minimum Gasteiger partial charge on any atom is -0.459 e. The number of hydrogen-bond acceptors (Lipinski definition) is 6. The van der Waals surface area contributed by atoms with Gasteiger partial charge in [0.1, 0.15) is 11.2 Å². The zero-order chi connectivity index (χ0) is 23.1. The summed E-state index contributed by atoms with van der Waals surface area (Å²) in [6.07, 6.45) is -0.925. The molecule has 0 saturated carbocycles. The number of rotatable bonds is 3. The maximum atomic E-state index is 13.6. The summed E-state index contributed by atoms with van der Waals surface area (Å²) in [5, 5.41) is 12.7. The number of nitriles is 1. The van der Waals surface area contributed by atoms with E-state index in [4.69, 9.17) is 9.47 Å². The maximum absolute atomic E-state index is 13.6. The molecular weight excluding hydrogens is 386 g/mol. The molecule has 0 saturated heterocycles. The Hall–Kier alpha value is -3.08. The summed E-state index contributed by atoms with van der Waals surface area (Å²) in [5.74, 6) is -1.56. The maximum Gasteiger partial charge on any atom is 0.408 e. The topological polar surface area (TPSA) is 109 Å². The molecule has 30 heavy (non-hydrogen) atoms. The Kier molecular flexibility index (Phi) is 5.65. The largest absolute Gasteiger partial charge is 0.459 e. The average molecular weight is 415 g/mol. The van der Waals surface area contributed by atoms with Gasteiger partial charge in [-0.15, -0.1) is 0 Å². The van der Waals surface area contributed by atoms with Crippen molar-refractivity contribution < 1.29 is 23.9 Å². The van der Waals surface area contributed by atoms with E-state index < -0.39 is 40.1 Å². The van der Waals surface area contributed by atoms with Crippen LogP contribution in [0.5, 0.6) is 0 Å². The highest BCUT2D eigenvalue weighted by Crippen LogP contribution is 2.50. The molecule has 0 radical (unpaired) electrons. The van der Waals surface area contributed by atoms with Gasteiger partial charge >= 0.3 is 12.1 Å². The Bertz CT molecular complexity index is 922. The number of carbonyl (C=O) groups excluding carboxylic acids is 3. The van der Waals surface area contributed by atoms with Gasteiger partial charge in [-0.1, -0.05) is 18.2 Å². The molecule has 1 aromatic rings. The van der Waals surface area contributed by atoms with Gasteiger partial charge in [0, 0.05) is 18.3 Å². The molecule has 2 atom stereocenters. The van der Waals surface area contributed by atoms with Gasteiger partial charge in [0.15, 0.2) is 11.0 Å². The molecule has 0 spiro atoms. The quantitative estimate of drug-likeness (QED) is 0.759. The normalized spacial score (nSPS) is 20.6. The van der Waals surface area contributed by atoms with E-state index in [1.165, 1.54) is 18.9 Å². The van der Waals surface area contributed by atoms with E-state index in [0.717, 1.165) is 0 Å². The van der Waals surface area contributed by atoms with Gasteiger partial charge in [0.05, 0.1) is 6.07 Å². The molecule has 1 N–H and O–H groups in total. The fourth-order valence-corrected chi connectivity index (χ4v) is 3.41. The van der Waals surface area contributed by atoms with Crippen molar-refractivity contribution in [1.82, 2.24) is 5.32 Å². The van der Waals surface area contributed by atoms with Crippen LogP contribution >= 0.6 is 0 Å². The van der Waals surface area contributed by atoms with Crippen LogP contribution in [0.25, 0.3) is 0 Å². The van der Waals surface area contributed by atoms with Crippen LogP contribution in [0.3, 0.4) is 0 Å². The molecule has 162 valence electrons. The van der Waals surface area contributed by atoms with Crippen molar-refractivity contribution in [2.45, 2.75) is 65.2 Å². The molecule has 0 aromatic heterocycles. The lowest BCUT2D eigenvalue weighted by atomic mass is 9.68. The molecular formula is C22H29N3O5. The van der Waals surface area contributed by atoms with E-state index in [9.17, 15) is 19.6 Å². The molecule has 1 aliphatic rings. The van der Waals surface area contributed by atoms with E-state index in [0.29, 0.717) is 11.3 Å². The average Bonchev–Trinajstić information content (AvgIpc) is 2.81. The number of ether oxygens (including phenoxy) is 2. The second-order valence-corrected chi connectivity index (χ2v) is 9.50. The van der Waals surface area contributed by atoms with Crippen molar-refractivity contribution in [3.63, 3.8) is 0 Å².